The number of carbonyl (C=O) groups is 3. The van der Waals surface area contributed by atoms with Crippen molar-refractivity contribution in [1.82, 2.24) is 10.2 Å². The van der Waals surface area contributed by atoms with Crippen LogP contribution in [0.1, 0.15) is 11.1 Å². The van der Waals surface area contributed by atoms with Crippen LogP contribution >= 0.6 is 11.8 Å². The van der Waals surface area contributed by atoms with Gasteiger partial charge in [-0.25, -0.2) is 8.78 Å². The zero-order valence-electron chi connectivity index (χ0n) is 15.1. The lowest BCUT2D eigenvalue weighted by Gasteiger charge is -2.12. The molecule has 0 unspecified atom stereocenters. The molecular formula is C21H16F2N2O3S. The number of nitrogens with zero attached hydrogens (tertiary/aromatic N) is 1. The van der Waals surface area contributed by atoms with Gasteiger partial charge in [0.05, 0.1) is 4.91 Å². The summed E-state index contributed by atoms with van der Waals surface area (Å²) in [5.41, 5.74) is 0.483. The SMILES string of the molecule is O=C(/C=C/c1ccccc1F)NCCN1C(=O)S/C(=C\c2ccccc2F)C1=O. The van der Waals surface area contributed by atoms with Crippen molar-refractivity contribution < 1.29 is 23.2 Å². The maximum absolute atomic E-state index is 13.7. The minimum absolute atomic E-state index is 0.0292. The molecule has 3 rings (SSSR count). The van der Waals surface area contributed by atoms with Gasteiger partial charge in [0, 0.05) is 30.3 Å². The van der Waals surface area contributed by atoms with Crippen molar-refractivity contribution in [2.45, 2.75) is 0 Å². The van der Waals surface area contributed by atoms with Crippen LogP contribution in [-0.4, -0.2) is 35.0 Å². The number of amides is 3. The Bertz CT molecular complexity index is 1020. The summed E-state index contributed by atoms with van der Waals surface area (Å²) >= 11 is 0.717. The van der Waals surface area contributed by atoms with E-state index in [9.17, 15) is 23.2 Å². The van der Waals surface area contributed by atoms with Gasteiger partial charge < -0.3 is 5.32 Å². The predicted molar refractivity (Wildman–Crippen MR) is 108 cm³/mol. The summed E-state index contributed by atoms with van der Waals surface area (Å²) in [5, 5.41) is 2.04. The molecule has 0 spiro atoms. The molecule has 1 saturated heterocycles. The zero-order valence-corrected chi connectivity index (χ0v) is 15.9. The van der Waals surface area contributed by atoms with Crippen LogP contribution in [0, 0.1) is 11.6 Å². The smallest absolute Gasteiger partial charge is 0.293 e. The summed E-state index contributed by atoms with van der Waals surface area (Å²) in [6.45, 7) is 0.00399. The van der Waals surface area contributed by atoms with Gasteiger partial charge in [0.2, 0.25) is 5.91 Å². The molecule has 0 saturated carbocycles. The van der Waals surface area contributed by atoms with E-state index in [4.69, 9.17) is 0 Å². The molecule has 0 bridgehead atoms. The van der Waals surface area contributed by atoms with Gasteiger partial charge in [-0.05, 0) is 36.0 Å². The van der Waals surface area contributed by atoms with Crippen molar-refractivity contribution in [3.8, 4) is 0 Å². The lowest BCUT2D eigenvalue weighted by Crippen LogP contribution is -2.36. The molecule has 3 amide bonds. The minimum atomic E-state index is -0.542. The fourth-order valence-electron chi connectivity index (χ4n) is 2.55. The van der Waals surface area contributed by atoms with Crippen LogP contribution in [0.2, 0.25) is 0 Å². The maximum atomic E-state index is 13.7. The molecule has 2 aromatic rings. The highest BCUT2D eigenvalue weighted by molar-refractivity contribution is 8.18. The third-order valence-electron chi connectivity index (χ3n) is 4.02. The van der Waals surface area contributed by atoms with E-state index < -0.39 is 28.7 Å². The second-order valence-electron chi connectivity index (χ2n) is 6.00. The second-order valence-corrected chi connectivity index (χ2v) is 6.99. The first-order valence-corrected chi connectivity index (χ1v) is 9.47. The highest BCUT2D eigenvalue weighted by Gasteiger charge is 2.34. The van der Waals surface area contributed by atoms with Gasteiger partial charge in [-0.2, -0.15) is 0 Å². The van der Waals surface area contributed by atoms with Crippen molar-refractivity contribution in [2.75, 3.05) is 13.1 Å². The molecule has 0 aliphatic carbocycles. The summed E-state index contributed by atoms with van der Waals surface area (Å²) in [5.74, 6) is -1.97. The van der Waals surface area contributed by atoms with Crippen LogP contribution < -0.4 is 5.32 Å². The summed E-state index contributed by atoms with van der Waals surface area (Å²) in [7, 11) is 0. The molecule has 0 radical (unpaired) electrons. The van der Waals surface area contributed by atoms with Crippen LogP contribution in [0.3, 0.4) is 0 Å². The van der Waals surface area contributed by atoms with Crippen molar-refractivity contribution in [3.05, 3.63) is 82.3 Å². The molecule has 2 aromatic carbocycles. The number of rotatable bonds is 6. The molecule has 29 heavy (non-hydrogen) atoms. The fourth-order valence-corrected chi connectivity index (χ4v) is 3.41. The average molecular weight is 414 g/mol. The molecule has 5 nitrogen and oxygen atoms in total. The normalized spacial score (nSPS) is 15.5. The molecule has 1 aliphatic rings. The summed E-state index contributed by atoms with van der Waals surface area (Å²) in [6, 6.07) is 11.9. The van der Waals surface area contributed by atoms with Crippen molar-refractivity contribution >= 4 is 41.0 Å². The molecule has 1 fully saturated rings. The Morgan fingerprint density at radius 3 is 2.28 bits per heavy atom. The van der Waals surface area contributed by atoms with Gasteiger partial charge >= 0.3 is 0 Å². The topological polar surface area (TPSA) is 66.5 Å². The van der Waals surface area contributed by atoms with Crippen LogP contribution in [-0.2, 0) is 9.59 Å². The highest BCUT2D eigenvalue weighted by Crippen LogP contribution is 2.32. The Morgan fingerprint density at radius 1 is 1.00 bits per heavy atom. The van der Waals surface area contributed by atoms with E-state index in [1.807, 2.05) is 0 Å². The second kappa shape index (κ2) is 9.29. The van der Waals surface area contributed by atoms with Gasteiger partial charge in [-0.15, -0.1) is 0 Å². The molecule has 1 heterocycles. The highest BCUT2D eigenvalue weighted by atomic mass is 32.2. The Labute approximate surface area is 170 Å². The van der Waals surface area contributed by atoms with Crippen molar-refractivity contribution in [2.24, 2.45) is 0 Å². The van der Waals surface area contributed by atoms with Crippen LogP contribution in [0.5, 0.6) is 0 Å². The fraction of sp³-hybridized carbons (Fsp3) is 0.0952. The number of imide groups is 1. The lowest BCUT2D eigenvalue weighted by molar-refractivity contribution is -0.123. The maximum Gasteiger partial charge on any atom is 0.293 e. The van der Waals surface area contributed by atoms with Crippen LogP contribution in [0.4, 0.5) is 13.6 Å². The number of carbonyl (C=O) groups excluding carboxylic acids is 3. The Kier molecular flexibility index (Phi) is 6.56. The summed E-state index contributed by atoms with van der Waals surface area (Å²) in [4.78, 5) is 37.4. The van der Waals surface area contributed by atoms with Gasteiger partial charge in [0.1, 0.15) is 11.6 Å². The van der Waals surface area contributed by atoms with E-state index in [1.165, 1.54) is 48.6 Å². The van der Waals surface area contributed by atoms with Crippen molar-refractivity contribution in [1.29, 1.82) is 0 Å². The molecule has 1 N–H and O–H groups in total. The first kappa shape index (κ1) is 20.5. The minimum Gasteiger partial charge on any atom is -0.351 e. The van der Waals surface area contributed by atoms with Gasteiger partial charge in [0.25, 0.3) is 11.1 Å². The standard InChI is InChI=1S/C21H16F2N2O3S/c22-16-7-3-1-5-14(16)9-10-19(26)24-11-12-25-20(27)18(29-21(25)28)13-15-6-2-4-8-17(15)23/h1-10,13H,11-12H2,(H,24,26)/b10-9+,18-13-. The first-order valence-electron chi connectivity index (χ1n) is 8.66. The van der Waals surface area contributed by atoms with E-state index >= 15 is 0 Å². The molecule has 1 aliphatic heterocycles. The summed E-state index contributed by atoms with van der Waals surface area (Å²) in [6.07, 6.45) is 3.84. The lowest BCUT2D eigenvalue weighted by atomic mass is 10.2. The third-order valence-corrected chi connectivity index (χ3v) is 4.93. The van der Waals surface area contributed by atoms with E-state index in [1.54, 1.807) is 18.2 Å². The Hall–Kier alpha value is -3.26. The monoisotopic (exact) mass is 414 g/mol. The van der Waals surface area contributed by atoms with Gasteiger partial charge in [0.15, 0.2) is 0 Å². The summed E-state index contributed by atoms with van der Waals surface area (Å²) < 4.78 is 27.2. The van der Waals surface area contributed by atoms with Gasteiger partial charge in [-0.3, -0.25) is 19.3 Å². The first-order chi connectivity index (χ1) is 14.0. The molecular weight excluding hydrogens is 398 g/mol. The number of nitrogens with one attached hydrogen (secondary N) is 1. The van der Waals surface area contributed by atoms with E-state index in [0.29, 0.717) is 11.8 Å². The third kappa shape index (κ3) is 5.17. The number of hydrogen-bond donors (Lipinski definition) is 1. The van der Waals surface area contributed by atoms with E-state index in [-0.39, 0.29) is 29.1 Å². The number of benzene rings is 2. The quantitative estimate of drug-likeness (QED) is 0.730. The van der Waals surface area contributed by atoms with Crippen molar-refractivity contribution in [3.63, 3.8) is 0 Å². The van der Waals surface area contributed by atoms with Crippen LogP contribution in [0.15, 0.2) is 59.5 Å². The Morgan fingerprint density at radius 2 is 1.62 bits per heavy atom. The van der Waals surface area contributed by atoms with E-state index in [0.717, 1.165) is 4.90 Å². The predicted octanol–water partition coefficient (Wildman–Crippen LogP) is 3.83. The largest absolute Gasteiger partial charge is 0.351 e. The van der Waals surface area contributed by atoms with Crippen LogP contribution in [0.25, 0.3) is 12.2 Å². The number of hydrogen-bond acceptors (Lipinski definition) is 4. The average Bonchev–Trinajstić information content (AvgIpc) is 2.96. The molecule has 0 atom stereocenters. The zero-order chi connectivity index (χ0) is 20.8. The number of halogens is 2. The number of thioether (sulfide) groups is 1. The molecule has 148 valence electrons. The van der Waals surface area contributed by atoms with E-state index in [2.05, 4.69) is 5.32 Å². The Balaban J connectivity index is 1.55. The van der Waals surface area contributed by atoms with Gasteiger partial charge in [-0.1, -0.05) is 36.4 Å². The molecule has 8 heteroatoms. The molecule has 0 aromatic heterocycles.